The number of aromatic nitrogens is 3. The normalized spacial score (nSPS) is 14.2. The molecule has 1 aliphatic rings. The number of hydrogen-bond donors (Lipinski definition) is 0. The number of pyridine rings is 1. The number of hydrogen-bond acceptors (Lipinski definition) is 5. The zero-order valence-corrected chi connectivity index (χ0v) is 19.9. The van der Waals surface area contributed by atoms with Crippen molar-refractivity contribution in [3.63, 3.8) is 0 Å². The van der Waals surface area contributed by atoms with Gasteiger partial charge in [0.25, 0.3) is 5.89 Å². The Bertz CT molecular complexity index is 1050. The van der Waals surface area contributed by atoms with E-state index in [1.807, 2.05) is 13.0 Å². The van der Waals surface area contributed by atoms with E-state index in [1.165, 1.54) is 44.1 Å². The van der Waals surface area contributed by atoms with Crippen LogP contribution in [0.1, 0.15) is 87.2 Å². The van der Waals surface area contributed by atoms with Gasteiger partial charge in [0.05, 0.1) is 6.61 Å². The lowest BCUT2D eigenvalue weighted by atomic mass is 10.0. The van der Waals surface area contributed by atoms with Crippen LogP contribution in [0.4, 0.5) is 0 Å². The minimum Gasteiger partial charge on any atom is -0.493 e. The first-order valence-corrected chi connectivity index (χ1v) is 12.2. The van der Waals surface area contributed by atoms with Crippen molar-refractivity contribution in [2.75, 3.05) is 6.61 Å². The van der Waals surface area contributed by atoms with Crippen molar-refractivity contribution in [3.05, 3.63) is 46.8 Å². The van der Waals surface area contributed by atoms with E-state index < -0.39 is 0 Å². The highest BCUT2D eigenvalue weighted by Gasteiger charge is 2.21. The number of rotatable bonds is 9. The quantitative estimate of drug-likeness (QED) is 0.334. The van der Waals surface area contributed by atoms with E-state index in [4.69, 9.17) is 19.2 Å². The zero-order valence-electron chi connectivity index (χ0n) is 19.9. The monoisotopic (exact) mass is 433 g/mol. The van der Waals surface area contributed by atoms with Crippen LogP contribution in [0.15, 0.2) is 28.8 Å². The molecule has 3 aromatic rings. The summed E-state index contributed by atoms with van der Waals surface area (Å²) < 4.78 is 11.8. The Kier molecular flexibility index (Phi) is 7.23. The molecule has 2 heterocycles. The molecule has 1 aliphatic carbocycles. The molecule has 5 nitrogen and oxygen atoms in total. The summed E-state index contributed by atoms with van der Waals surface area (Å²) in [5.41, 5.74) is 6.39. The molecule has 0 saturated heterocycles. The van der Waals surface area contributed by atoms with Gasteiger partial charge in [-0.15, -0.1) is 0 Å². The van der Waals surface area contributed by atoms with E-state index in [9.17, 15) is 0 Å². The van der Waals surface area contributed by atoms with Gasteiger partial charge in [-0.3, -0.25) is 4.98 Å². The highest BCUT2D eigenvalue weighted by Crippen LogP contribution is 2.35. The van der Waals surface area contributed by atoms with Crippen molar-refractivity contribution in [3.8, 4) is 28.6 Å². The third kappa shape index (κ3) is 5.03. The molecular formula is C27H35N3O2. The molecule has 0 spiro atoms. The van der Waals surface area contributed by atoms with Crippen molar-refractivity contribution < 1.29 is 9.26 Å². The van der Waals surface area contributed by atoms with Crippen molar-refractivity contribution in [1.29, 1.82) is 0 Å². The number of aryl methyl sites for hydroxylation is 3. The smallest absolute Gasteiger partial charge is 0.258 e. The summed E-state index contributed by atoms with van der Waals surface area (Å²) in [6.07, 6.45) is 9.39. The second kappa shape index (κ2) is 10.3. The second-order valence-corrected chi connectivity index (χ2v) is 9.02. The average Bonchev–Trinajstić information content (AvgIpc) is 3.49. The molecule has 0 bridgehead atoms. The van der Waals surface area contributed by atoms with Crippen LogP contribution in [0, 0.1) is 13.8 Å². The van der Waals surface area contributed by atoms with Crippen molar-refractivity contribution in [2.45, 2.75) is 85.0 Å². The maximum atomic E-state index is 6.13. The summed E-state index contributed by atoms with van der Waals surface area (Å²) in [6, 6.07) is 8.41. The summed E-state index contributed by atoms with van der Waals surface area (Å²) in [7, 11) is 0. The standard InChI is InChI=1S/C27H35N3O2/c1-5-7-10-13-31-25-18(3)14-22(16-20(25)6-2)26-29-27(32-30-26)23-15-19(4)28-24(17-23)21-11-8-9-12-21/h14-17,21H,5-13H2,1-4H3. The third-order valence-electron chi connectivity index (χ3n) is 6.40. The van der Waals surface area contributed by atoms with Gasteiger partial charge in [0.15, 0.2) is 0 Å². The first-order chi connectivity index (χ1) is 15.6. The largest absolute Gasteiger partial charge is 0.493 e. The van der Waals surface area contributed by atoms with Crippen LogP contribution >= 0.6 is 0 Å². The molecule has 32 heavy (non-hydrogen) atoms. The Labute approximate surface area is 191 Å². The summed E-state index contributed by atoms with van der Waals surface area (Å²) in [6.45, 7) is 9.26. The van der Waals surface area contributed by atoms with Gasteiger partial charge < -0.3 is 9.26 Å². The van der Waals surface area contributed by atoms with Gasteiger partial charge in [-0.2, -0.15) is 4.98 Å². The van der Waals surface area contributed by atoms with Crippen molar-refractivity contribution in [1.82, 2.24) is 15.1 Å². The van der Waals surface area contributed by atoms with E-state index >= 15 is 0 Å². The molecule has 1 aromatic carbocycles. The molecule has 1 saturated carbocycles. The van der Waals surface area contributed by atoms with Crippen LogP contribution in [0.5, 0.6) is 5.75 Å². The molecule has 170 valence electrons. The van der Waals surface area contributed by atoms with Gasteiger partial charge in [-0.25, -0.2) is 0 Å². The summed E-state index contributed by atoms with van der Waals surface area (Å²) in [5, 5.41) is 4.31. The fourth-order valence-electron chi connectivity index (χ4n) is 4.68. The van der Waals surface area contributed by atoms with Gasteiger partial charge in [0.2, 0.25) is 5.82 Å². The van der Waals surface area contributed by atoms with Crippen LogP contribution in [0.25, 0.3) is 22.8 Å². The number of nitrogens with zero attached hydrogens (tertiary/aromatic N) is 3. The second-order valence-electron chi connectivity index (χ2n) is 9.02. The lowest BCUT2D eigenvalue weighted by Crippen LogP contribution is -2.02. The van der Waals surface area contributed by atoms with Crippen LogP contribution in [0.2, 0.25) is 0 Å². The molecule has 1 fully saturated rings. The number of ether oxygens (including phenoxy) is 1. The van der Waals surface area contributed by atoms with E-state index in [0.717, 1.165) is 53.3 Å². The van der Waals surface area contributed by atoms with Gasteiger partial charge in [-0.05, 0) is 74.9 Å². The van der Waals surface area contributed by atoms with E-state index in [2.05, 4.69) is 44.1 Å². The van der Waals surface area contributed by atoms with Gasteiger partial charge in [0, 0.05) is 28.4 Å². The molecule has 0 unspecified atom stereocenters. The SMILES string of the molecule is CCCCCOc1c(C)cc(-c2noc(-c3cc(C)nc(C4CCCC4)c3)n2)cc1CC. The number of benzene rings is 1. The molecule has 2 aromatic heterocycles. The molecule has 4 rings (SSSR count). The highest BCUT2D eigenvalue weighted by molar-refractivity contribution is 5.64. The van der Waals surface area contributed by atoms with Gasteiger partial charge in [-0.1, -0.05) is 44.7 Å². The molecule has 5 heteroatoms. The minimum absolute atomic E-state index is 0.552. The Morgan fingerprint density at radius 3 is 2.53 bits per heavy atom. The topological polar surface area (TPSA) is 61.0 Å². The minimum atomic E-state index is 0.552. The first kappa shape index (κ1) is 22.5. The molecule has 0 atom stereocenters. The summed E-state index contributed by atoms with van der Waals surface area (Å²) in [5.74, 6) is 2.73. The van der Waals surface area contributed by atoms with Crippen molar-refractivity contribution in [2.24, 2.45) is 0 Å². The molecule has 0 N–H and O–H groups in total. The Balaban J connectivity index is 1.59. The average molecular weight is 434 g/mol. The van der Waals surface area contributed by atoms with E-state index in [0.29, 0.717) is 17.6 Å². The lowest BCUT2D eigenvalue weighted by molar-refractivity contribution is 0.301. The first-order valence-electron chi connectivity index (χ1n) is 12.2. The van der Waals surface area contributed by atoms with Crippen LogP contribution in [-0.2, 0) is 6.42 Å². The van der Waals surface area contributed by atoms with Crippen LogP contribution in [0.3, 0.4) is 0 Å². The summed E-state index contributed by atoms with van der Waals surface area (Å²) in [4.78, 5) is 9.53. The fourth-order valence-corrected chi connectivity index (χ4v) is 4.68. The molecular weight excluding hydrogens is 398 g/mol. The van der Waals surface area contributed by atoms with E-state index in [-0.39, 0.29) is 0 Å². The lowest BCUT2D eigenvalue weighted by Gasteiger charge is -2.14. The Morgan fingerprint density at radius 1 is 0.969 bits per heavy atom. The van der Waals surface area contributed by atoms with Crippen LogP contribution in [-0.4, -0.2) is 21.7 Å². The zero-order chi connectivity index (χ0) is 22.5. The molecule has 0 aliphatic heterocycles. The van der Waals surface area contributed by atoms with Gasteiger partial charge >= 0.3 is 0 Å². The van der Waals surface area contributed by atoms with E-state index in [1.54, 1.807) is 0 Å². The van der Waals surface area contributed by atoms with Crippen LogP contribution < -0.4 is 4.74 Å². The fraction of sp³-hybridized carbons (Fsp3) is 0.519. The number of unbranched alkanes of at least 4 members (excludes halogenated alkanes) is 2. The van der Waals surface area contributed by atoms with Crippen molar-refractivity contribution >= 4 is 0 Å². The molecule has 0 radical (unpaired) electrons. The predicted octanol–water partition coefficient (Wildman–Crippen LogP) is 7.20. The summed E-state index contributed by atoms with van der Waals surface area (Å²) >= 11 is 0. The Hall–Kier alpha value is -2.69. The third-order valence-corrected chi connectivity index (χ3v) is 6.40. The van der Waals surface area contributed by atoms with Gasteiger partial charge in [0.1, 0.15) is 5.75 Å². The maximum Gasteiger partial charge on any atom is 0.258 e. The maximum absolute atomic E-state index is 6.13. The highest BCUT2D eigenvalue weighted by atomic mass is 16.5. The Morgan fingerprint density at radius 2 is 1.78 bits per heavy atom. The predicted molar refractivity (Wildman–Crippen MR) is 128 cm³/mol. The molecule has 0 amide bonds.